The van der Waals surface area contributed by atoms with Gasteiger partial charge in [0.1, 0.15) is 5.54 Å². The molecule has 0 amide bonds. The number of hydrogen-bond acceptors (Lipinski definition) is 4. The number of carbonyl (C=O) groups is 1. The lowest BCUT2D eigenvalue weighted by Crippen LogP contribution is -2.59. The highest BCUT2D eigenvalue weighted by Gasteiger charge is 2.37. The predicted molar refractivity (Wildman–Crippen MR) is 82.8 cm³/mol. The maximum absolute atomic E-state index is 12.2. The topological polar surface area (TPSA) is 41.6 Å². The van der Waals surface area contributed by atoms with Crippen LogP contribution in [0.25, 0.3) is 0 Å². The Hall–Kier alpha value is -0.610. The van der Waals surface area contributed by atoms with Crippen LogP contribution in [0.1, 0.15) is 53.4 Å². The van der Waals surface area contributed by atoms with E-state index in [-0.39, 0.29) is 5.97 Å². The molecule has 1 fully saturated rings. The molecule has 1 aliphatic rings. The molecule has 1 rings (SSSR count). The first-order valence-electron chi connectivity index (χ1n) is 8.07. The van der Waals surface area contributed by atoms with Gasteiger partial charge in [-0.2, -0.15) is 0 Å². The molecular formula is C16H32N2O2. The van der Waals surface area contributed by atoms with Crippen molar-refractivity contribution in [2.45, 2.75) is 65.0 Å². The number of carbonyl (C=O) groups excluding carboxylic acids is 1. The average Bonchev–Trinajstić information content (AvgIpc) is 2.39. The molecule has 0 aromatic heterocycles. The molecule has 0 radical (unpaired) electrons. The van der Waals surface area contributed by atoms with Crippen molar-refractivity contribution in [2.24, 2.45) is 5.92 Å². The van der Waals surface area contributed by atoms with E-state index < -0.39 is 5.54 Å². The summed E-state index contributed by atoms with van der Waals surface area (Å²) in [6, 6.07) is 0.580. The average molecular weight is 284 g/mol. The second-order valence-electron chi connectivity index (χ2n) is 6.33. The largest absolute Gasteiger partial charge is 0.465 e. The van der Waals surface area contributed by atoms with Gasteiger partial charge < -0.3 is 15.0 Å². The first kappa shape index (κ1) is 17.4. The minimum atomic E-state index is -0.614. The molecule has 0 aliphatic heterocycles. The van der Waals surface area contributed by atoms with Gasteiger partial charge in [-0.05, 0) is 46.2 Å². The van der Waals surface area contributed by atoms with Gasteiger partial charge in [-0.15, -0.1) is 0 Å². The van der Waals surface area contributed by atoms with E-state index in [1.807, 2.05) is 20.8 Å². The molecule has 1 saturated carbocycles. The summed E-state index contributed by atoms with van der Waals surface area (Å²) in [5.41, 5.74) is -0.614. The maximum Gasteiger partial charge on any atom is 0.327 e. The molecule has 1 N–H and O–H groups in total. The zero-order valence-electron chi connectivity index (χ0n) is 13.9. The molecule has 0 saturated heterocycles. The number of ether oxygens (including phenoxy) is 1. The summed E-state index contributed by atoms with van der Waals surface area (Å²) in [5, 5.41) is 3.31. The molecule has 0 aromatic carbocycles. The van der Waals surface area contributed by atoms with Gasteiger partial charge in [0.25, 0.3) is 0 Å². The van der Waals surface area contributed by atoms with E-state index in [2.05, 4.69) is 24.2 Å². The summed E-state index contributed by atoms with van der Waals surface area (Å²) < 4.78 is 5.25. The summed E-state index contributed by atoms with van der Waals surface area (Å²) in [4.78, 5) is 14.6. The lowest BCUT2D eigenvalue weighted by Gasteiger charge is -2.40. The van der Waals surface area contributed by atoms with Crippen LogP contribution in [0.2, 0.25) is 0 Å². The Labute approximate surface area is 124 Å². The van der Waals surface area contributed by atoms with E-state index >= 15 is 0 Å². The highest BCUT2D eigenvalue weighted by atomic mass is 16.5. The third-order valence-electron chi connectivity index (χ3n) is 4.49. The van der Waals surface area contributed by atoms with Gasteiger partial charge in [-0.25, -0.2) is 0 Å². The van der Waals surface area contributed by atoms with E-state index in [4.69, 9.17) is 4.74 Å². The molecule has 4 heteroatoms. The Morgan fingerprint density at radius 1 is 1.35 bits per heavy atom. The van der Waals surface area contributed by atoms with E-state index in [1.165, 1.54) is 25.7 Å². The van der Waals surface area contributed by atoms with E-state index in [0.29, 0.717) is 25.1 Å². The first-order valence-corrected chi connectivity index (χ1v) is 8.07. The van der Waals surface area contributed by atoms with Gasteiger partial charge in [-0.1, -0.05) is 26.7 Å². The van der Waals surface area contributed by atoms with Crippen LogP contribution < -0.4 is 5.32 Å². The van der Waals surface area contributed by atoms with Gasteiger partial charge in [0.15, 0.2) is 0 Å². The Kier molecular flexibility index (Phi) is 6.96. The van der Waals surface area contributed by atoms with E-state index in [0.717, 1.165) is 6.54 Å². The smallest absolute Gasteiger partial charge is 0.327 e. The lowest BCUT2D eigenvalue weighted by atomic mass is 9.84. The molecular weight excluding hydrogens is 252 g/mol. The van der Waals surface area contributed by atoms with Crippen LogP contribution in [-0.4, -0.2) is 49.2 Å². The Balaban J connectivity index is 2.70. The summed E-state index contributed by atoms with van der Waals surface area (Å²) in [6.45, 7) is 10.1. The molecule has 0 heterocycles. The predicted octanol–water partition coefficient (Wildman–Crippen LogP) is 2.43. The van der Waals surface area contributed by atoms with E-state index in [1.54, 1.807) is 0 Å². The minimum Gasteiger partial charge on any atom is -0.465 e. The van der Waals surface area contributed by atoms with Crippen molar-refractivity contribution in [3.63, 3.8) is 0 Å². The third-order valence-corrected chi connectivity index (χ3v) is 4.49. The van der Waals surface area contributed by atoms with Gasteiger partial charge in [-0.3, -0.25) is 4.79 Å². The van der Waals surface area contributed by atoms with Crippen molar-refractivity contribution in [1.29, 1.82) is 0 Å². The van der Waals surface area contributed by atoms with Crippen LogP contribution in [0.4, 0.5) is 0 Å². The fourth-order valence-corrected chi connectivity index (χ4v) is 3.44. The van der Waals surface area contributed by atoms with Crippen LogP contribution in [0, 0.1) is 5.92 Å². The zero-order chi connectivity index (χ0) is 15.2. The Bertz CT molecular complexity index is 309. The second-order valence-corrected chi connectivity index (χ2v) is 6.33. The Morgan fingerprint density at radius 2 is 2.00 bits per heavy atom. The van der Waals surface area contributed by atoms with Crippen LogP contribution in [0.3, 0.4) is 0 Å². The zero-order valence-corrected chi connectivity index (χ0v) is 13.9. The van der Waals surface area contributed by atoms with Crippen molar-refractivity contribution in [2.75, 3.05) is 26.7 Å². The summed E-state index contributed by atoms with van der Waals surface area (Å²) in [5.74, 6) is 0.569. The lowest BCUT2D eigenvalue weighted by molar-refractivity contribution is -0.151. The molecule has 1 aliphatic carbocycles. The molecule has 118 valence electrons. The fraction of sp³-hybridized carbons (Fsp3) is 0.938. The van der Waals surface area contributed by atoms with Gasteiger partial charge >= 0.3 is 5.97 Å². The Morgan fingerprint density at radius 3 is 2.55 bits per heavy atom. The van der Waals surface area contributed by atoms with Crippen LogP contribution >= 0.6 is 0 Å². The van der Waals surface area contributed by atoms with Gasteiger partial charge in [0.2, 0.25) is 0 Å². The molecule has 0 aromatic rings. The second kappa shape index (κ2) is 7.99. The number of hydrogen-bond donors (Lipinski definition) is 1. The summed E-state index contributed by atoms with van der Waals surface area (Å²) in [6.07, 6.45) is 5.18. The maximum atomic E-state index is 12.2. The number of esters is 1. The van der Waals surface area contributed by atoms with Crippen LogP contribution in [-0.2, 0) is 9.53 Å². The van der Waals surface area contributed by atoms with Crippen molar-refractivity contribution < 1.29 is 9.53 Å². The molecule has 0 spiro atoms. The third kappa shape index (κ3) is 4.45. The van der Waals surface area contributed by atoms with Gasteiger partial charge in [0.05, 0.1) is 6.61 Å². The van der Waals surface area contributed by atoms with E-state index in [9.17, 15) is 4.79 Å². The standard InChI is InChI=1S/C16H32N2O2/c1-6-17-16(4,15(19)20-7-2)12-18(5)14-11-9-8-10-13(14)3/h13-14,17H,6-12H2,1-5H3. The van der Waals surface area contributed by atoms with Crippen molar-refractivity contribution in [1.82, 2.24) is 10.2 Å². The quantitative estimate of drug-likeness (QED) is 0.729. The monoisotopic (exact) mass is 284 g/mol. The van der Waals surface area contributed by atoms with Gasteiger partial charge in [0, 0.05) is 12.6 Å². The number of nitrogens with one attached hydrogen (secondary N) is 1. The summed E-state index contributed by atoms with van der Waals surface area (Å²) in [7, 11) is 2.14. The number of likely N-dealkylation sites (N-methyl/N-ethyl adjacent to an activating group) is 2. The SMILES string of the molecule is CCNC(C)(CN(C)C1CCCCC1C)C(=O)OCC. The molecule has 3 atom stereocenters. The molecule has 0 bridgehead atoms. The van der Waals surface area contributed by atoms with Crippen molar-refractivity contribution in [3.05, 3.63) is 0 Å². The normalized spacial score (nSPS) is 26.3. The number of nitrogens with zero attached hydrogens (tertiary/aromatic N) is 1. The highest BCUT2D eigenvalue weighted by Crippen LogP contribution is 2.28. The molecule has 3 unspecified atom stereocenters. The number of rotatable bonds is 7. The van der Waals surface area contributed by atoms with Crippen LogP contribution in [0.15, 0.2) is 0 Å². The van der Waals surface area contributed by atoms with Crippen LogP contribution in [0.5, 0.6) is 0 Å². The highest BCUT2D eigenvalue weighted by molar-refractivity contribution is 5.80. The molecule has 4 nitrogen and oxygen atoms in total. The first-order chi connectivity index (χ1) is 9.44. The van der Waals surface area contributed by atoms with Crippen molar-refractivity contribution in [3.8, 4) is 0 Å². The van der Waals surface area contributed by atoms with Crippen molar-refractivity contribution >= 4 is 5.97 Å². The fourth-order valence-electron chi connectivity index (χ4n) is 3.44. The summed E-state index contributed by atoms with van der Waals surface area (Å²) >= 11 is 0. The molecule has 20 heavy (non-hydrogen) atoms. The minimum absolute atomic E-state index is 0.142.